The highest BCUT2D eigenvalue weighted by atomic mass is 16.5. The van der Waals surface area contributed by atoms with E-state index in [9.17, 15) is 14.7 Å². The van der Waals surface area contributed by atoms with Crippen LogP contribution in [0.5, 0.6) is 0 Å². The molecule has 4 atom stereocenters. The van der Waals surface area contributed by atoms with E-state index in [-0.39, 0.29) is 11.8 Å². The summed E-state index contributed by atoms with van der Waals surface area (Å²) in [5.74, 6) is -1.05. The number of primary amides is 1. The highest BCUT2D eigenvalue weighted by molar-refractivity contribution is 5.87. The van der Waals surface area contributed by atoms with Crippen molar-refractivity contribution >= 4 is 18.0 Å². The lowest BCUT2D eigenvalue weighted by Gasteiger charge is -2.31. The van der Waals surface area contributed by atoms with Crippen LogP contribution in [0.25, 0.3) is 6.08 Å². The summed E-state index contributed by atoms with van der Waals surface area (Å²) in [6.07, 6.45) is 10.5. The lowest BCUT2D eigenvalue weighted by Crippen LogP contribution is -2.37. The van der Waals surface area contributed by atoms with Crippen LogP contribution >= 0.6 is 0 Å². The van der Waals surface area contributed by atoms with Crippen molar-refractivity contribution in [2.45, 2.75) is 52.2 Å². The first-order valence-corrected chi connectivity index (χ1v) is 10.1. The van der Waals surface area contributed by atoms with Gasteiger partial charge in [-0.3, -0.25) is 4.79 Å². The van der Waals surface area contributed by atoms with Crippen LogP contribution in [0.15, 0.2) is 60.7 Å². The zero-order valence-electron chi connectivity index (χ0n) is 17.5. The molecule has 0 heterocycles. The van der Waals surface area contributed by atoms with Gasteiger partial charge in [-0.15, -0.1) is 0 Å². The predicted octanol–water partition coefficient (Wildman–Crippen LogP) is 4.03. The Hall–Kier alpha value is -2.66. The Morgan fingerprint density at radius 2 is 1.83 bits per heavy atom. The maximum atomic E-state index is 12.4. The number of hydrogen-bond donors (Lipinski definition) is 2. The molecule has 29 heavy (non-hydrogen) atoms. The Bertz CT molecular complexity index is 709. The third-order valence-corrected chi connectivity index (χ3v) is 4.78. The fraction of sp³-hybridized carbons (Fsp3) is 0.417. The van der Waals surface area contributed by atoms with Crippen molar-refractivity contribution < 1.29 is 19.4 Å². The molecule has 3 N–H and O–H groups in total. The Morgan fingerprint density at radius 1 is 1.14 bits per heavy atom. The van der Waals surface area contributed by atoms with Crippen LogP contribution in [-0.2, 0) is 14.3 Å². The molecular weight excluding hydrogens is 366 g/mol. The molecule has 0 saturated heterocycles. The molecule has 0 aliphatic rings. The summed E-state index contributed by atoms with van der Waals surface area (Å²) in [7, 11) is 0. The minimum absolute atomic E-state index is 0.123. The van der Waals surface area contributed by atoms with Gasteiger partial charge in [0, 0.05) is 18.1 Å². The largest absolute Gasteiger partial charge is 0.459 e. The molecule has 0 aliphatic carbocycles. The second-order valence-electron chi connectivity index (χ2n) is 7.26. The van der Waals surface area contributed by atoms with Gasteiger partial charge in [-0.05, 0) is 30.4 Å². The van der Waals surface area contributed by atoms with Crippen molar-refractivity contribution in [3.63, 3.8) is 0 Å². The number of carbonyl (C=O) groups is 2. The molecule has 1 rings (SSSR count). The lowest BCUT2D eigenvalue weighted by molar-refractivity contribution is -0.151. The first kappa shape index (κ1) is 24.4. The maximum Gasteiger partial charge on any atom is 0.331 e. The summed E-state index contributed by atoms with van der Waals surface area (Å²) in [5.41, 5.74) is 5.95. The zero-order valence-corrected chi connectivity index (χ0v) is 17.5. The smallest absolute Gasteiger partial charge is 0.331 e. The van der Waals surface area contributed by atoms with Crippen LogP contribution in [0, 0.1) is 11.8 Å². The SMILES string of the molecule is CCCC(C)C(OC(=O)/C=C/c1ccccc1)C(C)C(O)C/C=C/C=C\C(N)=O. The number of benzene rings is 1. The van der Waals surface area contributed by atoms with E-state index in [1.807, 2.05) is 44.2 Å². The average molecular weight is 400 g/mol. The Labute approximate surface area is 174 Å². The van der Waals surface area contributed by atoms with Gasteiger partial charge in [-0.2, -0.15) is 0 Å². The van der Waals surface area contributed by atoms with E-state index in [0.29, 0.717) is 6.42 Å². The Balaban J connectivity index is 2.75. The molecule has 0 radical (unpaired) electrons. The van der Waals surface area contributed by atoms with E-state index in [4.69, 9.17) is 10.5 Å². The standard InChI is InChI=1S/C24H33NO4/c1-4-11-18(2)24(19(3)21(26)14-9-6-10-15-22(25)27)29-23(28)17-16-20-12-7-5-8-13-20/h5-10,12-13,15-19,21,24,26H,4,11,14H2,1-3H3,(H2,25,27)/b9-6+,15-10-,17-16+. The lowest BCUT2D eigenvalue weighted by atomic mass is 9.85. The van der Waals surface area contributed by atoms with Gasteiger partial charge in [-0.1, -0.05) is 75.8 Å². The van der Waals surface area contributed by atoms with E-state index in [2.05, 4.69) is 6.92 Å². The summed E-state index contributed by atoms with van der Waals surface area (Å²) < 4.78 is 5.74. The van der Waals surface area contributed by atoms with Crippen LogP contribution < -0.4 is 5.73 Å². The number of amides is 1. The summed E-state index contributed by atoms with van der Waals surface area (Å²) in [5, 5.41) is 10.6. The van der Waals surface area contributed by atoms with Gasteiger partial charge >= 0.3 is 5.97 Å². The molecule has 1 aromatic rings. The van der Waals surface area contributed by atoms with E-state index in [1.165, 1.54) is 18.2 Å². The van der Waals surface area contributed by atoms with Gasteiger partial charge in [0.1, 0.15) is 6.10 Å². The monoisotopic (exact) mass is 399 g/mol. The Kier molecular flexibility index (Phi) is 11.4. The normalized spacial score (nSPS) is 16.1. The van der Waals surface area contributed by atoms with E-state index in [1.54, 1.807) is 18.2 Å². The van der Waals surface area contributed by atoms with Crippen molar-refractivity contribution in [2.75, 3.05) is 0 Å². The number of hydrogen-bond acceptors (Lipinski definition) is 4. The molecule has 4 unspecified atom stereocenters. The molecule has 0 saturated carbocycles. The maximum absolute atomic E-state index is 12.4. The van der Waals surface area contributed by atoms with Gasteiger partial charge in [0.2, 0.25) is 5.91 Å². The van der Waals surface area contributed by atoms with E-state index >= 15 is 0 Å². The number of aliphatic hydroxyl groups is 1. The molecule has 0 bridgehead atoms. The molecular formula is C24H33NO4. The third-order valence-electron chi connectivity index (χ3n) is 4.78. The summed E-state index contributed by atoms with van der Waals surface area (Å²) >= 11 is 0. The van der Waals surface area contributed by atoms with Gasteiger partial charge < -0.3 is 15.6 Å². The minimum atomic E-state index is -0.677. The van der Waals surface area contributed by atoms with Crippen LogP contribution in [0.1, 0.15) is 45.6 Å². The average Bonchev–Trinajstić information content (AvgIpc) is 2.70. The molecule has 5 heteroatoms. The highest BCUT2D eigenvalue weighted by Gasteiger charge is 2.30. The number of ether oxygens (including phenoxy) is 1. The van der Waals surface area contributed by atoms with Crippen LogP contribution in [-0.4, -0.2) is 29.2 Å². The first-order chi connectivity index (χ1) is 13.8. The number of aliphatic hydroxyl groups excluding tert-OH is 1. The zero-order chi connectivity index (χ0) is 21.6. The van der Waals surface area contributed by atoms with Crippen LogP contribution in [0.2, 0.25) is 0 Å². The first-order valence-electron chi connectivity index (χ1n) is 10.1. The number of carbonyl (C=O) groups excluding carboxylic acids is 2. The van der Waals surface area contributed by atoms with Crippen LogP contribution in [0.4, 0.5) is 0 Å². The van der Waals surface area contributed by atoms with E-state index < -0.39 is 24.1 Å². The fourth-order valence-electron chi connectivity index (χ4n) is 3.14. The van der Waals surface area contributed by atoms with Crippen molar-refractivity contribution in [2.24, 2.45) is 17.6 Å². The second-order valence-corrected chi connectivity index (χ2v) is 7.26. The topological polar surface area (TPSA) is 89.6 Å². The molecule has 1 amide bonds. The molecule has 0 fully saturated rings. The van der Waals surface area contributed by atoms with Crippen molar-refractivity contribution in [3.8, 4) is 0 Å². The minimum Gasteiger partial charge on any atom is -0.459 e. The molecule has 158 valence electrons. The summed E-state index contributed by atoms with van der Waals surface area (Å²) in [6.45, 7) is 6.01. The summed E-state index contributed by atoms with van der Waals surface area (Å²) in [4.78, 5) is 23.0. The van der Waals surface area contributed by atoms with Crippen LogP contribution in [0.3, 0.4) is 0 Å². The molecule has 0 aliphatic heterocycles. The van der Waals surface area contributed by atoms with Crippen molar-refractivity contribution in [3.05, 3.63) is 66.3 Å². The molecule has 5 nitrogen and oxygen atoms in total. The van der Waals surface area contributed by atoms with Crippen molar-refractivity contribution in [1.82, 2.24) is 0 Å². The number of nitrogens with two attached hydrogens (primary N) is 1. The summed E-state index contributed by atoms with van der Waals surface area (Å²) in [6, 6.07) is 9.54. The Morgan fingerprint density at radius 3 is 2.45 bits per heavy atom. The number of allylic oxidation sites excluding steroid dienone is 2. The van der Waals surface area contributed by atoms with Gasteiger partial charge in [0.15, 0.2) is 0 Å². The predicted molar refractivity (Wildman–Crippen MR) is 117 cm³/mol. The molecule has 1 aromatic carbocycles. The fourth-order valence-corrected chi connectivity index (χ4v) is 3.14. The van der Waals surface area contributed by atoms with Gasteiger partial charge in [0.25, 0.3) is 0 Å². The number of rotatable bonds is 12. The number of esters is 1. The van der Waals surface area contributed by atoms with Crippen molar-refractivity contribution in [1.29, 1.82) is 0 Å². The van der Waals surface area contributed by atoms with Gasteiger partial charge in [-0.25, -0.2) is 4.79 Å². The molecule has 0 spiro atoms. The van der Waals surface area contributed by atoms with Gasteiger partial charge in [0.05, 0.1) is 6.10 Å². The quantitative estimate of drug-likeness (QED) is 0.315. The van der Waals surface area contributed by atoms with E-state index in [0.717, 1.165) is 18.4 Å². The second kappa shape index (κ2) is 13.5. The molecule has 0 aromatic heterocycles. The highest BCUT2D eigenvalue weighted by Crippen LogP contribution is 2.25. The third kappa shape index (κ3) is 9.90.